The second-order valence-corrected chi connectivity index (χ2v) is 4.51. The summed E-state index contributed by atoms with van der Waals surface area (Å²) in [5, 5.41) is 10.5. The van der Waals surface area contributed by atoms with Gasteiger partial charge < -0.3 is 10.1 Å². The minimum absolute atomic E-state index is 0.200. The molecule has 0 radical (unpaired) electrons. The first-order chi connectivity index (χ1) is 9.16. The van der Waals surface area contributed by atoms with Crippen molar-refractivity contribution in [3.05, 3.63) is 53.3 Å². The highest BCUT2D eigenvalue weighted by Crippen LogP contribution is 2.32. The molecule has 0 spiro atoms. The van der Waals surface area contributed by atoms with Gasteiger partial charge in [0.1, 0.15) is 0 Å². The van der Waals surface area contributed by atoms with Gasteiger partial charge in [0.05, 0.1) is 16.3 Å². The topological polar surface area (TPSA) is 66.0 Å². The SMILES string of the molecule is O=C(O)c1ccnc(-c2c[nH]c3cccc(Cl)c23)c1. The summed E-state index contributed by atoms with van der Waals surface area (Å²) in [5.74, 6) is -0.977. The molecule has 0 saturated carbocycles. The number of benzene rings is 1. The molecular weight excluding hydrogens is 264 g/mol. The fourth-order valence-corrected chi connectivity index (χ4v) is 2.33. The van der Waals surface area contributed by atoms with Crippen molar-refractivity contribution in [2.24, 2.45) is 0 Å². The summed E-state index contributed by atoms with van der Waals surface area (Å²) in [5.41, 5.74) is 2.47. The predicted molar refractivity (Wildman–Crippen MR) is 73.5 cm³/mol. The number of H-pyrrole nitrogens is 1. The zero-order valence-corrected chi connectivity index (χ0v) is 10.5. The van der Waals surface area contributed by atoms with Crippen LogP contribution in [0.1, 0.15) is 10.4 Å². The molecule has 5 heteroatoms. The molecule has 0 aliphatic carbocycles. The van der Waals surface area contributed by atoms with E-state index < -0.39 is 5.97 Å². The van der Waals surface area contributed by atoms with Crippen molar-refractivity contribution in [2.75, 3.05) is 0 Å². The van der Waals surface area contributed by atoms with Crippen LogP contribution in [0.25, 0.3) is 22.2 Å². The number of hydrogen-bond acceptors (Lipinski definition) is 2. The van der Waals surface area contributed by atoms with E-state index in [4.69, 9.17) is 16.7 Å². The van der Waals surface area contributed by atoms with Crippen LogP contribution in [0.5, 0.6) is 0 Å². The minimum Gasteiger partial charge on any atom is -0.478 e. The van der Waals surface area contributed by atoms with Gasteiger partial charge in [0, 0.05) is 28.9 Å². The number of carboxylic acids is 1. The maximum Gasteiger partial charge on any atom is 0.335 e. The number of aromatic amines is 1. The van der Waals surface area contributed by atoms with Crippen molar-refractivity contribution in [3.8, 4) is 11.3 Å². The molecule has 0 atom stereocenters. The van der Waals surface area contributed by atoms with E-state index in [1.54, 1.807) is 12.3 Å². The van der Waals surface area contributed by atoms with Crippen LogP contribution in [0.15, 0.2) is 42.7 Å². The van der Waals surface area contributed by atoms with Gasteiger partial charge in [-0.1, -0.05) is 17.7 Å². The highest BCUT2D eigenvalue weighted by atomic mass is 35.5. The molecule has 19 heavy (non-hydrogen) atoms. The molecule has 0 saturated heterocycles. The molecule has 0 bridgehead atoms. The Bertz CT molecular complexity index is 780. The second kappa shape index (κ2) is 4.40. The standard InChI is InChI=1S/C14H9ClN2O2/c15-10-2-1-3-11-13(10)9(7-17-11)12-6-8(14(18)19)4-5-16-12/h1-7,17H,(H,18,19). The van der Waals surface area contributed by atoms with E-state index in [0.29, 0.717) is 10.7 Å². The Morgan fingerprint density at radius 2 is 2.16 bits per heavy atom. The van der Waals surface area contributed by atoms with E-state index in [-0.39, 0.29) is 5.56 Å². The molecular formula is C14H9ClN2O2. The van der Waals surface area contributed by atoms with Crippen LogP contribution in [0.4, 0.5) is 0 Å². The maximum atomic E-state index is 11.0. The van der Waals surface area contributed by atoms with Gasteiger partial charge in [-0.3, -0.25) is 4.98 Å². The first-order valence-corrected chi connectivity index (χ1v) is 6.00. The minimum atomic E-state index is -0.977. The summed E-state index contributed by atoms with van der Waals surface area (Å²) in [6, 6.07) is 8.55. The average Bonchev–Trinajstić information content (AvgIpc) is 2.84. The van der Waals surface area contributed by atoms with Crippen LogP contribution >= 0.6 is 11.6 Å². The molecule has 3 aromatic rings. The van der Waals surface area contributed by atoms with Gasteiger partial charge in [0.15, 0.2) is 0 Å². The quantitative estimate of drug-likeness (QED) is 0.749. The molecule has 4 nitrogen and oxygen atoms in total. The Kier molecular flexibility index (Phi) is 2.72. The van der Waals surface area contributed by atoms with Crippen molar-refractivity contribution in [2.45, 2.75) is 0 Å². The number of nitrogens with zero attached hydrogens (tertiary/aromatic N) is 1. The normalized spacial score (nSPS) is 10.8. The Hall–Kier alpha value is -2.33. The zero-order valence-electron chi connectivity index (χ0n) is 9.72. The number of rotatable bonds is 2. The Morgan fingerprint density at radius 1 is 1.32 bits per heavy atom. The fraction of sp³-hybridized carbons (Fsp3) is 0. The van der Waals surface area contributed by atoms with Crippen molar-refractivity contribution in [1.82, 2.24) is 9.97 Å². The van der Waals surface area contributed by atoms with E-state index in [2.05, 4.69) is 9.97 Å². The summed E-state index contributed by atoms with van der Waals surface area (Å²) < 4.78 is 0. The molecule has 3 rings (SSSR count). The predicted octanol–water partition coefficient (Wildman–Crippen LogP) is 3.58. The van der Waals surface area contributed by atoms with E-state index in [0.717, 1.165) is 16.5 Å². The number of halogens is 1. The number of nitrogens with one attached hydrogen (secondary N) is 1. The Labute approximate surface area is 113 Å². The molecule has 0 unspecified atom stereocenters. The highest BCUT2D eigenvalue weighted by Gasteiger charge is 2.12. The van der Waals surface area contributed by atoms with Crippen molar-refractivity contribution >= 4 is 28.5 Å². The van der Waals surface area contributed by atoms with Crippen LogP contribution in [0, 0.1) is 0 Å². The van der Waals surface area contributed by atoms with Crippen LogP contribution in [-0.2, 0) is 0 Å². The third-order valence-electron chi connectivity index (χ3n) is 2.94. The Balaban J connectivity index is 2.25. The van der Waals surface area contributed by atoms with Gasteiger partial charge in [0.25, 0.3) is 0 Å². The number of aromatic nitrogens is 2. The molecule has 0 aliphatic rings. The van der Waals surface area contributed by atoms with E-state index in [9.17, 15) is 4.79 Å². The third kappa shape index (κ3) is 1.96. The number of hydrogen-bond donors (Lipinski definition) is 2. The monoisotopic (exact) mass is 272 g/mol. The molecule has 2 aromatic heterocycles. The number of fused-ring (bicyclic) bond motifs is 1. The highest BCUT2D eigenvalue weighted by molar-refractivity contribution is 6.36. The van der Waals surface area contributed by atoms with Crippen molar-refractivity contribution < 1.29 is 9.90 Å². The number of carbonyl (C=O) groups is 1. The maximum absolute atomic E-state index is 11.0. The van der Waals surface area contributed by atoms with Gasteiger partial charge >= 0.3 is 5.97 Å². The molecule has 2 N–H and O–H groups in total. The molecule has 0 fully saturated rings. The molecule has 0 aliphatic heterocycles. The fourth-order valence-electron chi connectivity index (χ4n) is 2.05. The van der Waals surface area contributed by atoms with Crippen LogP contribution < -0.4 is 0 Å². The lowest BCUT2D eigenvalue weighted by Crippen LogP contribution is -1.97. The first-order valence-electron chi connectivity index (χ1n) is 5.62. The van der Waals surface area contributed by atoms with E-state index in [1.807, 2.05) is 12.1 Å². The van der Waals surface area contributed by atoms with Gasteiger partial charge in [-0.15, -0.1) is 0 Å². The largest absolute Gasteiger partial charge is 0.478 e. The molecule has 1 aromatic carbocycles. The first kappa shape index (κ1) is 11.7. The van der Waals surface area contributed by atoms with Gasteiger partial charge in [0.2, 0.25) is 0 Å². The summed E-state index contributed by atoms with van der Waals surface area (Å²) in [7, 11) is 0. The third-order valence-corrected chi connectivity index (χ3v) is 3.25. The summed E-state index contributed by atoms with van der Waals surface area (Å²) in [4.78, 5) is 18.3. The Morgan fingerprint density at radius 3 is 2.95 bits per heavy atom. The van der Waals surface area contributed by atoms with Gasteiger partial charge in [-0.2, -0.15) is 0 Å². The van der Waals surface area contributed by atoms with Crippen LogP contribution in [0.3, 0.4) is 0 Å². The van der Waals surface area contributed by atoms with Crippen LogP contribution in [0.2, 0.25) is 5.02 Å². The number of carboxylic acid groups (broad SMARTS) is 1. The lowest BCUT2D eigenvalue weighted by Gasteiger charge is -2.02. The molecule has 94 valence electrons. The number of aromatic carboxylic acids is 1. The summed E-state index contributed by atoms with van der Waals surface area (Å²) in [6.45, 7) is 0. The number of pyridine rings is 1. The molecule has 0 amide bonds. The lowest BCUT2D eigenvalue weighted by molar-refractivity contribution is 0.0697. The summed E-state index contributed by atoms with van der Waals surface area (Å²) in [6.07, 6.45) is 3.26. The van der Waals surface area contributed by atoms with E-state index in [1.165, 1.54) is 18.3 Å². The average molecular weight is 273 g/mol. The zero-order chi connectivity index (χ0) is 13.4. The molecule has 2 heterocycles. The van der Waals surface area contributed by atoms with Crippen molar-refractivity contribution in [3.63, 3.8) is 0 Å². The van der Waals surface area contributed by atoms with E-state index >= 15 is 0 Å². The summed E-state index contributed by atoms with van der Waals surface area (Å²) >= 11 is 6.19. The smallest absolute Gasteiger partial charge is 0.335 e. The van der Waals surface area contributed by atoms with Gasteiger partial charge in [-0.25, -0.2) is 4.79 Å². The lowest BCUT2D eigenvalue weighted by atomic mass is 10.1. The second-order valence-electron chi connectivity index (χ2n) is 4.10. The van der Waals surface area contributed by atoms with Crippen molar-refractivity contribution in [1.29, 1.82) is 0 Å². The van der Waals surface area contributed by atoms with Crippen LogP contribution in [-0.4, -0.2) is 21.0 Å². The van der Waals surface area contributed by atoms with Gasteiger partial charge in [-0.05, 0) is 24.3 Å².